The summed E-state index contributed by atoms with van der Waals surface area (Å²) in [5.74, 6) is 1.04. The maximum atomic E-state index is 12.8. The van der Waals surface area contributed by atoms with E-state index in [2.05, 4.69) is 4.98 Å². The van der Waals surface area contributed by atoms with Gasteiger partial charge < -0.3 is 14.2 Å². The van der Waals surface area contributed by atoms with E-state index in [-0.39, 0.29) is 19.4 Å². The first-order valence-electron chi connectivity index (χ1n) is 8.61. The lowest BCUT2D eigenvalue weighted by molar-refractivity contribution is 0.0470. The summed E-state index contributed by atoms with van der Waals surface area (Å²) in [6.45, 7) is 4.33. The van der Waals surface area contributed by atoms with Crippen LogP contribution in [0.2, 0.25) is 0 Å². The SMILES string of the molecule is CCc1nc2ccccc2c(C)c1C(=O)OCc1ccc2c(c1)OCO2. The molecule has 132 valence electrons. The van der Waals surface area contributed by atoms with E-state index in [9.17, 15) is 4.79 Å². The number of pyridine rings is 1. The molecule has 2 heterocycles. The summed E-state index contributed by atoms with van der Waals surface area (Å²) in [4.78, 5) is 17.4. The van der Waals surface area contributed by atoms with Gasteiger partial charge in [0.2, 0.25) is 6.79 Å². The smallest absolute Gasteiger partial charge is 0.340 e. The van der Waals surface area contributed by atoms with Gasteiger partial charge in [-0.15, -0.1) is 0 Å². The molecule has 0 saturated heterocycles. The summed E-state index contributed by atoms with van der Waals surface area (Å²) < 4.78 is 16.2. The second kappa shape index (κ2) is 6.67. The van der Waals surface area contributed by atoms with Gasteiger partial charge in [-0.2, -0.15) is 0 Å². The highest BCUT2D eigenvalue weighted by molar-refractivity contribution is 5.98. The number of esters is 1. The van der Waals surface area contributed by atoms with E-state index >= 15 is 0 Å². The van der Waals surface area contributed by atoms with Crippen molar-refractivity contribution in [3.8, 4) is 11.5 Å². The van der Waals surface area contributed by atoms with Crippen molar-refractivity contribution in [2.24, 2.45) is 0 Å². The van der Waals surface area contributed by atoms with Crippen molar-refractivity contribution in [2.45, 2.75) is 26.9 Å². The predicted molar refractivity (Wildman–Crippen MR) is 97.5 cm³/mol. The molecule has 1 aromatic heterocycles. The number of hydrogen-bond acceptors (Lipinski definition) is 5. The average molecular weight is 349 g/mol. The molecule has 0 atom stereocenters. The van der Waals surface area contributed by atoms with Gasteiger partial charge in [0.05, 0.1) is 16.8 Å². The van der Waals surface area contributed by atoms with E-state index in [1.54, 1.807) is 0 Å². The third-order valence-corrected chi connectivity index (χ3v) is 4.57. The third kappa shape index (κ3) is 2.86. The largest absolute Gasteiger partial charge is 0.457 e. The number of para-hydroxylation sites is 1. The van der Waals surface area contributed by atoms with Crippen LogP contribution in [0.15, 0.2) is 42.5 Å². The van der Waals surface area contributed by atoms with Gasteiger partial charge in [0.1, 0.15) is 6.61 Å². The lowest BCUT2D eigenvalue weighted by Gasteiger charge is -2.13. The maximum absolute atomic E-state index is 12.8. The van der Waals surface area contributed by atoms with E-state index in [0.717, 1.165) is 27.7 Å². The molecule has 1 aliphatic heterocycles. The quantitative estimate of drug-likeness (QED) is 0.661. The third-order valence-electron chi connectivity index (χ3n) is 4.57. The highest BCUT2D eigenvalue weighted by atomic mass is 16.7. The normalized spacial score (nSPS) is 12.4. The molecule has 0 aliphatic carbocycles. The number of aryl methyl sites for hydroxylation is 2. The maximum Gasteiger partial charge on any atom is 0.340 e. The van der Waals surface area contributed by atoms with Crippen LogP contribution < -0.4 is 9.47 Å². The zero-order valence-electron chi connectivity index (χ0n) is 14.7. The van der Waals surface area contributed by atoms with Crippen LogP contribution in [0.4, 0.5) is 0 Å². The molecule has 5 heteroatoms. The van der Waals surface area contributed by atoms with Crippen molar-refractivity contribution < 1.29 is 19.0 Å². The number of aromatic nitrogens is 1. The molecule has 4 rings (SSSR count). The Bertz CT molecular complexity index is 997. The molecule has 0 radical (unpaired) electrons. The summed E-state index contributed by atoms with van der Waals surface area (Å²) in [6.07, 6.45) is 0.667. The first-order chi connectivity index (χ1) is 12.7. The lowest BCUT2D eigenvalue weighted by atomic mass is 10.0. The molecule has 0 unspecified atom stereocenters. The molecule has 0 bridgehead atoms. The molecule has 5 nitrogen and oxygen atoms in total. The van der Waals surface area contributed by atoms with Crippen LogP contribution in [-0.4, -0.2) is 17.7 Å². The minimum absolute atomic E-state index is 0.172. The van der Waals surface area contributed by atoms with Gasteiger partial charge in [0, 0.05) is 5.39 Å². The van der Waals surface area contributed by atoms with Crippen molar-refractivity contribution in [1.82, 2.24) is 4.98 Å². The number of hydrogen-bond donors (Lipinski definition) is 0. The van der Waals surface area contributed by atoms with E-state index in [4.69, 9.17) is 14.2 Å². The Morgan fingerprint density at radius 2 is 1.96 bits per heavy atom. The summed E-state index contributed by atoms with van der Waals surface area (Å²) in [7, 11) is 0. The molecule has 0 spiro atoms. The number of ether oxygens (including phenoxy) is 3. The van der Waals surface area contributed by atoms with Crippen LogP contribution in [-0.2, 0) is 17.8 Å². The van der Waals surface area contributed by atoms with E-state index in [0.29, 0.717) is 23.5 Å². The first kappa shape index (κ1) is 16.4. The van der Waals surface area contributed by atoms with Gasteiger partial charge in [-0.05, 0) is 42.7 Å². The Morgan fingerprint density at radius 1 is 1.15 bits per heavy atom. The molecule has 1 aliphatic rings. The van der Waals surface area contributed by atoms with Crippen molar-refractivity contribution in [3.05, 3.63) is 64.8 Å². The zero-order chi connectivity index (χ0) is 18.1. The summed E-state index contributed by atoms with van der Waals surface area (Å²) in [5.41, 5.74) is 3.98. The van der Waals surface area contributed by atoms with Crippen LogP contribution in [0.3, 0.4) is 0 Å². The van der Waals surface area contributed by atoms with Crippen molar-refractivity contribution in [3.63, 3.8) is 0 Å². The fourth-order valence-corrected chi connectivity index (χ4v) is 3.22. The van der Waals surface area contributed by atoms with Crippen molar-refractivity contribution in [1.29, 1.82) is 0 Å². The highest BCUT2D eigenvalue weighted by Crippen LogP contribution is 2.33. The first-order valence-corrected chi connectivity index (χ1v) is 8.61. The fourth-order valence-electron chi connectivity index (χ4n) is 3.22. The van der Waals surface area contributed by atoms with Gasteiger partial charge in [-0.25, -0.2) is 4.79 Å². The van der Waals surface area contributed by atoms with Gasteiger partial charge in [0.15, 0.2) is 11.5 Å². The molecule has 26 heavy (non-hydrogen) atoms. The molecule has 0 saturated carbocycles. The Morgan fingerprint density at radius 3 is 2.81 bits per heavy atom. The topological polar surface area (TPSA) is 57.7 Å². The van der Waals surface area contributed by atoms with Crippen LogP contribution in [0.5, 0.6) is 11.5 Å². The number of carbonyl (C=O) groups excluding carboxylic acids is 1. The summed E-state index contributed by atoms with van der Waals surface area (Å²) in [5, 5.41) is 0.972. The van der Waals surface area contributed by atoms with Gasteiger partial charge in [0.25, 0.3) is 0 Å². The Hall–Kier alpha value is -3.08. The zero-order valence-corrected chi connectivity index (χ0v) is 14.7. The molecule has 0 N–H and O–H groups in total. The standard InChI is InChI=1S/C21H19NO4/c1-3-16-20(13(2)15-6-4-5-7-17(15)22-16)21(23)24-11-14-8-9-18-19(10-14)26-12-25-18/h4-10H,3,11-12H2,1-2H3. The highest BCUT2D eigenvalue weighted by Gasteiger charge is 2.20. The Balaban J connectivity index is 1.60. The molecule has 3 aromatic rings. The summed E-state index contributed by atoms with van der Waals surface area (Å²) >= 11 is 0. The van der Waals surface area contributed by atoms with Crippen molar-refractivity contribution >= 4 is 16.9 Å². The second-order valence-electron chi connectivity index (χ2n) is 6.19. The van der Waals surface area contributed by atoms with E-state index in [1.165, 1.54) is 0 Å². The average Bonchev–Trinajstić information content (AvgIpc) is 3.13. The number of carbonyl (C=O) groups is 1. The molecular formula is C21H19NO4. The molecular weight excluding hydrogens is 330 g/mol. The molecule has 0 amide bonds. The summed E-state index contributed by atoms with van der Waals surface area (Å²) in [6, 6.07) is 13.4. The molecule has 2 aromatic carbocycles. The van der Waals surface area contributed by atoms with Gasteiger partial charge in [-0.3, -0.25) is 4.98 Å². The van der Waals surface area contributed by atoms with Crippen LogP contribution in [0, 0.1) is 6.92 Å². The Kier molecular flexibility index (Phi) is 4.21. The predicted octanol–water partition coefficient (Wildman–Crippen LogP) is 4.19. The number of nitrogens with zero attached hydrogens (tertiary/aromatic N) is 1. The second-order valence-corrected chi connectivity index (χ2v) is 6.19. The number of rotatable bonds is 4. The fraction of sp³-hybridized carbons (Fsp3) is 0.238. The number of benzene rings is 2. The van der Waals surface area contributed by atoms with Gasteiger partial charge in [-0.1, -0.05) is 31.2 Å². The lowest BCUT2D eigenvalue weighted by Crippen LogP contribution is -2.12. The monoisotopic (exact) mass is 349 g/mol. The van der Waals surface area contributed by atoms with Crippen LogP contribution in [0.25, 0.3) is 10.9 Å². The Labute approximate surface area is 151 Å². The minimum Gasteiger partial charge on any atom is -0.457 e. The van der Waals surface area contributed by atoms with Crippen molar-refractivity contribution in [2.75, 3.05) is 6.79 Å². The van der Waals surface area contributed by atoms with E-state index in [1.807, 2.05) is 56.3 Å². The number of fused-ring (bicyclic) bond motifs is 2. The van der Waals surface area contributed by atoms with Crippen LogP contribution >= 0.6 is 0 Å². The minimum atomic E-state index is -0.352. The van der Waals surface area contributed by atoms with Gasteiger partial charge >= 0.3 is 5.97 Å². The van der Waals surface area contributed by atoms with Crippen LogP contribution in [0.1, 0.15) is 34.1 Å². The molecule has 0 fully saturated rings. The van der Waals surface area contributed by atoms with E-state index < -0.39 is 0 Å².